The van der Waals surface area contributed by atoms with Gasteiger partial charge in [0.05, 0.1) is 28.7 Å². The molecule has 31 heavy (non-hydrogen) atoms. The first kappa shape index (κ1) is 19.7. The average Bonchev–Trinajstić information content (AvgIpc) is 3.31. The van der Waals surface area contributed by atoms with Gasteiger partial charge in [0, 0.05) is 17.8 Å². The Morgan fingerprint density at radius 1 is 1.06 bits per heavy atom. The van der Waals surface area contributed by atoms with Crippen molar-refractivity contribution in [2.45, 2.75) is 43.9 Å². The molecule has 0 amide bonds. The van der Waals surface area contributed by atoms with Gasteiger partial charge in [-0.05, 0) is 55.4 Å². The Balaban J connectivity index is 1.27. The van der Waals surface area contributed by atoms with Crippen molar-refractivity contribution >= 4 is 33.4 Å². The zero-order chi connectivity index (χ0) is 21.5. The summed E-state index contributed by atoms with van der Waals surface area (Å²) >= 11 is 0. The molecule has 4 atom stereocenters. The quantitative estimate of drug-likeness (QED) is 0.365. The van der Waals surface area contributed by atoms with E-state index in [1.165, 1.54) is 6.33 Å². The van der Waals surface area contributed by atoms with E-state index in [1.807, 2.05) is 41.2 Å². The van der Waals surface area contributed by atoms with E-state index in [2.05, 4.69) is 21.0 Å². The van der Waals surface area contributed by atoms with Crippen molar-refractivity contribution in [3.8, 4) is 0 Å². The van der Waals surface area contributed by atoms with Crippen LogP contribution in [0.3, 0.4) is 0 Å². The number of nitrogens with two attached hydrogens (primary N) is 2. The first-order valence-corrected chi connectivity index (χ1v) is 10.6. The van der Waals surface area contributed by atoms with Crippen LogP contribution in [0.5, 0.6) is 0 Å². The lowest BCUT2D eigenvalue weighted by Gasteiger charge is -2.19. The molecule has 0 radical (unpaired) electrons. The highest BCUT2D eigenvalue weighted by atomic mass is 16.3. The minimum absolute atomic E-state index is 0.0145. The Labute approximate surface area is 179 Å². The highest BCUT2D eigenvalue weighted by Gasteiger charge is 2.42. The molecule has 1 fully saturated rings. The van der Waals surface area contributed by atoms with Crippen LogP contribution in [-0.2, 0) is 6.42 Å². The minimum Gasteiger partial charge on any atom is -0.397 e. The monoisotopic (exact) mass is 418 g/mol. The van der Waals surface area contributed by atoms with Crippen molar-refractivity contribution in [1.29, 1.82) is 0 Å². The topological polar surface area (TPSA) is 136 Å². The fraction of sp³-hybridized carbons (Fsp3) is 0.348. The molecule has 3 heterocycles. The number of aliphatic hydroxyl groups excluding tert-OH is 2. The third kappa shape index (κ3) is 3.47. The first-order chi connectivity index (χ1) is 15.0. The summed E-state index contributed by atoms with van der Waals surface area (Å²) in [4.78, 5) is 12.8. The molecular formula is C23H26N6O2. The van der Waals surface area contributed by atoms with Crippen LogP contribution >= 0.6 is 0 Å². The molecule has 1 aromatic carbocycles. The van der Waals surface area contributed by atoms with Crippen LogP contribution < -0.4 is 11.5 Å². The second-order valence-corrected chi connectivity index (χ2v) is 8.42. The standard InChI is InChI=1S/C23H26N6O2/c24-17-6-2-4-14-9-13(11-26-19(14)17)3-1-5-15-10-18(21(31)20(15)30)29-8-7-16-22(25)27-12-28-23(16)29/h2,4,6-9,11-12,15,18,20-21,30-31H,1,3,5,10,24H2,(H2,25,27,28)/t15-,18+,20+,21-/m0/s1. The van der Waals surface area contributed by atoms with E-state index < -0.39 is 12.2 Å². The van der Waals surface area contributed by atoms with Gasteiger partial charge in [-0.1, -0.05) is 12.1 Å². The van der Waals surface area contributed by atoms with Crippen molar-refractivity contribution in [1.82, 2.24) is 19.5 Å². The van der Waals surface area contributed by atoms with Crippen LogP contribution in [0.25, 0.3) is 21.9 Å². The van der Waals surface area contributed by atoms with Crippen LogP contribution in [0.15, 0.2) is 49.1 Å². The van der Waals surface area contributed by atoms with Crippen LogP contribution in [0.1, 0.15) is 30.9 Å². The molecule has 3 aromatic heterocycles. The van der Waals surface area contributed by atoms with E-state index in [-0.39, 0.29) is 12.0 Å². The number of hydrogen-bond acceptors (Lipinski definition) is 7. The van der Waals surface area contributed by atoms with E-state index in [9.17, 15) is 10.2 Å². The maximum atomic E-state index is 10.7. The predicted octanol–water partition coefficient (Wildman–Crippen LogP) is 2.45. The average molecular weight is 419 g/mol. The Kier molecular flexibility index (Phi) is 4.95. The second kappa shape index (κ2) is 7.79. The van der Waals surface area contributed by atoms with Gasteiger partial charge in [0.1, 0.15) is 23.9 Å². The number of para-hydroxylation sites is 1. The third-order valence-electron chi connectivity index (χ3n) is 6.51. The molecule has 6 N–H and O–H groups in total. The molecule has 0 bridgehead atoms. The van der Waals surface area contributed by atoms with E-state index >= 15 is 0 Å². The molecule has 0 spiro atoms. The number of benzene rings is 1. The lowest BCUT2D eigenvalue weighted by molar-refractivity contribution is 0.00511. The molecule has 1 saturated carbocycles. The summed E-state index contributed by atoms with van der Waals surface area (Å²) in [5, 5.41) is 23.2. The number of aliphatic hydroxyl groups is 2. The molecule has 8 nitrogen and oxygen atoms in total. The molecule has 1 aliphatic carbocycles. The van der Waals surface area contributed by atoms with Crippen molar-refractivity contribution in [2.24, 2.45) is 5.92 Å². The molecule has 0 aliphatic heterocycles. The Bertz CT molecular complexity index is 1240. The summed E-state index contributed by atoms with van der Waals surface area (Å²) in [5.74, 6) is 0.430. The van der Waals surface area contributed by atoms with Gasteiger partial charge in [0.25, 0.3) is 0 Å². The Hall–Kier alpha value is -3.23. The zero-order valence-corrected chi connectivity index (χ0v) is 17.1. The van der Waals surface area contributed by atoms with Gasteiger partial charge in [0.2, 0.25) is 0 Å². The number of anilines is 2. The molecule has 4 aromatic rings. The van der Waals surface area contributed by atoms with E-state index in [4.69, 9.17) is 11.5 Å². The number of nitrogens with zero attached hydrogens (tertiary/aromatic N) is 4. The lowest BCUT2D eigenvalue weighted by atomic mass is 9.96. The zero-order valence-electron chi connectivity index (χ0n) is 17.1. The number of fused-ring (bicyclic) bond motifs is 2. The lowest BCUT2D eigenvalue weighted by Crippen LogP contribution is -2.29. The maximum Gasteiger partial charge on any atom is 0.145 e. The van der Waals surface area contributed by atoms with Crippen molar-refractivity contribution in [3.63, 3.8) is 0 Å². The number of rotatable bonds is 5. The largest absolute Gasteiger partial charge is 0.397 e. The van der Waals surface area contributed by atoms with Gasteiger partial charge < -0.3 is 26.2 Å². The molecule has 1 aliphatic rings. The highest BCUT2D eigenvalue weighted by Crippen LogP contribution is 2.39. The predicted molar refractivity (Wildman–Crippen MR) is 120 cm³/mol. The first-order valence-electron chi connectivity index (χ1n) is 10.6. The second-order valence-electron chi connectivity index (χ2n) is 8.42. The number of nitrogen functional groups attached to an aromatic ring is 2. The highest BCUT2D eigenvalue weighted by molar-refractivity contribution is 5.89. The summed E-state index contributed by atoms with van der Waals surface area (Å²) in [6, 6.07) is 9.54. The minimum atomic E-state index is -0.845. The number of aromatic nitrogens is 4. The summed E-state index contributed by atoms with van der Waals surface area (Å²) in [6.07, 6.45) is 6.81. The van der Waals surface area contributed by atoms with Crippen molar-refractivity contribution in [2.75, 3.05) is 11.5 Å². The van der Waals surface area contributed by atoms with Crippen molar-refractivity contribution in [3.05, 3.63) is 54.6 Å². The maximum absolute atomic E-state index is 10.7. The van der Waals surface area contributed by atoms with Crippen LogP contribution in [0.4, 0.5) is 11.5 Å². The van der Waals surface area contributed by atoms with Crippen molar-refractivity contribution < 1.29 is 10.2 Å². The fourth-order valence-corrected chi connectivity index (χ4v) is 4.86. The van der Waals surface area contributed by atoms with Crippen LogP contribution in [-0.4, -0.2) is 41.9 Å². The van der Waals surface area contributed by atoms with Gasteiger partial charge >= 0.3 is 0 Å². The summed E-state index contributed by atoms with van der Waals surface area (Å²) < 4.78 is 1.92. The fourth-order valence-electron chi connectivity index (χ4n) is 4.86. The van der Waals surface area contributed by atoms with Gasteiger partial charge in [-0.25, -0.2) is 9.97 Å². The van der Waals surface area contributed by atoms with Gasteiger partial charge in [-0.2, -0.15) is 0 Å². The van der Waals surface area contributed by atoms with Gasteiger partial charge in [-0.3, -0.25) is 4.98 Å². The van der Waals surface area contributed by atoms with Gasteiger partial charge in [-0.15, -0.1) is 0 Å². The summed E-state index contributed by atoms with van der Waals surface area (Å²) in [7, 11) is 0. The summed E-state index contributed by atoms with van der Waals surface area (Å²) in [6.45, 7) is 0. The number of aryl methyl sites for hydroxylation is 1. The summed E-state index contributed by atoms with van der Waals surface area (Å²) in [5.41, 5.74) is 15.3. The van der Waals surface area contributed by atoms with Crippen LogP contribution in [0, 0.1) is 5.92 Å². The Morgan fingerprint density at radius 3 is 2.81 bits per heavy atom. The number of hydrogen-bond donors (Lipinski definition) is 4. The van der Waals surface area contributed by atoms with Crippen LogP contribution in [0.2, 0.25) is 0 Å². The smallest absolute Gasteiger partial charge is 0.145 e. The Morgan fingerprint density at radius 2 is 1.94 bits per heavy atom. The third-order valence-corrected chi connectivity index (χ3v) is 6.51. The van der Waals surface area contributed by atoms with E-state index in [0.717, 1.165) is 41.1 Å². The van der Waals surface area contributed by atoms with Gasteiger partial charge in [0.15, 0.2) is 0 Å². The molecule has 8 heteroatoms. The SMILES string of the molecule is Nc1ncnc2c1ccn2[C@@H]1C[C@H](CCCc2cnc3c(N)cccc3c2)[C@@H](O)[C@H]1O. The molecular weight excluding hydrogens is 392 g/mol. The normalized spacial score (nSPS) is 23.7. The van der Waals surface area contributed by atoms with E-state index in [0.29, 0.717) is 23.6 Å². The van der Waals surface area contributed by atoms with E-state index in [1.54, 1.807) is 0 Å². The number of pyridine rings is 1. The molecule has 0 unspecified atom stereocenters. The molecule has 5 rings (SSSR count). The molecule has 160 valence electrons. The molecule has 0 saturated heterocycles.